The summed E-state index contributed by atoms with van der Waals surface area (Å²) >= 11 is 0. The molecule has 0 aliphatic rings. The van der Waals surface area contributed by atoms with E-state index >= 15 is 0 Å². The third-order valence-electron chi connectivity index (χ3n) is 3.21. The van der Waals surface area contributed by atoms with Crippen LogP contribution in [-0.4, -0.2) is 17.1 Å². The monoisotopic (exact) mass is 235 g/mol. The van der Waals surface area contributed by atoms with E-state index in [9.17, 15) is 9.90 Å². The Labute approximate surface area is 103 Å². The fourth-order valence-corrected chi connectivity index (χ4v) is 1.71. The highest BCUT2D eigenvalue weighted by Crippen LogP contribution is 2.15. The molecule has 17 heavy (non-hydrogen) atoms. The molecule has 3 heteroatoms. The highest BCUT2D eigenvalue weighted by molar-refractivity contribution is 5.73. The van der Waals surface area contributed by atoms with Crippen molar-refractivity contribution in [2.75, 3.05) is 0 Å². The molecule has 94 valence electrons. The van der Waals surface area contributed by atoms with Crippen molar-refractivity contribution in [3.63, 3.8) is 0 Å². The second-order valence-electron chi connectivity index (χ2n) is 4.79. The van der Waals surface area contributed by atoms with E-state index in [1.807, 2.05) is 51.1 Å². The van der Waals surface area contributed by atoms with Crippen molar-refractivity contribution in [2.24, 2.45) is 11.8 Å². The van der Waals surface area contributed by atoms with Crippen LogP contribution in [0.5, 0.6) is 0 Å². The first kappa shape index (κ1) is 13.7. The minimum Gasteiger partial charge on any atom is -0.480 e. The maximum absolute atomic E-state index is 11.2. The molecule has 0 aliphatic heterocycles. The lowest BCUT2D eigenvalue weighted by molar-refractivity contribution is -0.141. The first-order valence-corrected chi connectivity index (χ1v) is 6.02. The van der Waals surface area contributed by atoms with Crippen LogP contribution in [0.2, 0.25) is 0 Å². The summed E-state index contributed by atoms with van der Waals surface area (Å²) in [5.74, 6) is -0.322. The van der Waals surface area contributed by atoms with Crippen LogP contribution in [0, 0.1) is 11.8 Å². The van der Waals surface area contributed by atoms with Crippen LogP contribution < -0.4 is 5.32 Å². The van der Waals surface area contributed by atoms with Crippen LogP contribution >= 0.6 is 0 Å². The summed E-state index contributed by atoms with van der Waals surface area (Å²) in [6.07, 6.45) is 0. The second kappa shape index (κ2) is 6.40. The zero-order valence-electron chi connectivity index (χ0n) is 10.7. The van der Waals surface area contributed by atoms with E-state index < -0.39 is 12.0 Å². The van der Waals surface area contributed by atoms with E-state index in [-0.39, 0.29) is 5.92 Å². The molecule has 0 spiro atoms. The van der Waals surface area contributed by atoms with Crippen molar-refractivity contribution in [1.82, 2.24) is 5.32 Å². The summed E-state index contributed by atoms with van der Waals surface area (Å²) in [6.45, 7) is 6.66. The van der Waals surface area contributed by atoms with E-state index in [0.29, 0.717) is 12.5 Å². The molecule has 0 fully saturated rings. The molecule has 3 nitrogen and oxygen atoms in total. The molecule has 1 aromatic carbocycles. The van der Waals surface area contributed by atoms with E-state index in [0.717, 1.165) is 5.56 Å². The summed E-state index contributed by atoms with van der Waals surface area (Å²) in [4.78, 5) is 11.2. The van der Waals surface area contributed by atoms with Crippen molar-refractivity contribution >= 4 is 5.97 Å². The number of carboxylic acid groups (broad SMARTS) is 1. The topological polar surface area (TPSA) is 49.3 Å². The number of carbonyl (C=O) groups is 1. The molecule has 0 amide bonds. The quantitative estimate of drug-likeness (QED) is 0.796. The molecular weight excluding hydrogens is 214 g/mol. The normalized spacial score (nSPS) is 14.6. The van der Waals surface area contributed by atoms with Gasteiger partial charge in [-0.2, -0.15) is 0 Å². The van der Waals surface area contributed by atoms with Gasteiger partial charge in [-0.25, -0.2) is 0 Å². The Hall–Kier alpha value is -1.35. The van der Waals surface area contributed by atoms with Gasteiger partial charge in [-0.3, -0.25) is 4.79 Å². The van der Waals surface area contributed by atoms with Gasteiger partial charge in [0.1, 0.15) is 6.04 Å². The van der Waals surface area contributed by atoms with Gasteiger partial charge < -0.3 is 10.4 Å². The summed E-state index contributed by atoms with van der Waals surface area (Å²) in [7, 11) is 0. The first-order valence-electron chi connectivity index (χ1n) is 6.02. The Balaban J connectivity index is 2.60. The van der Waals surface area contributed by atoms with Crippen LogP contribution in [0.1, 0.15) is 26.3 Å². The number of rotatable bonds is 6. The van der Waals surface area contributed by atoms with Crippen molar-refractivity contribution in [3.8, 4) is 0 Å². The molecule has 0 radical (unpaired) electrons. The third kappa shape index (κ3) is 4.19. The molecule has 0 bridgehead atoms. The van der Waals surface area contributed by atoms with Gasteiger partial charge in [0.25, 0.3) is 0 Å². The molecule has 0 saturated carbocycles. The average Bonchev–Trinajstić information content (AvgIpc) is 2.29. The highest BCUT2D eigenvalue weighted by atomic mass is 16.4. The van der Waals surface area contributed by atoms with E-state index in [2.05, 4.69) is 5.32 Å². The standard InChI is InChI=1S/C14H21NO2/c1-10(2)11(3)13(14(16)17)15-9-12-7-5-4-6-8-12/h4-8,10-11,13,15H,9H2,1-3H3,(H,16,17). The highest BCUT2D eigenvalue weighted by Gasteiger charge is 2.26. The molecular formula is C14H21NO2. The lowest BCUT2D eigenvalue weighted by Crippen LogP contribution is -2.43. The van der Waals surface area contributed by atoms with Crippen LogP contribution in [0.25, 0.3) is 0 Å². The van der Waals surface area contributed by atoms with E-state index in [1.165, 1.54) is 0 Å². The van der Waals surface area contributed by atoms with Crippen LogP contribution in [0.4, 0.5) is 0 Å². The van der Waals surface area contributed by atoms with Gasteiger partial charge in [0, 0.05) is 6.54 Å². The predicted molar refractivity (Wildman–Crippen MR) is 68.7 cm³/mol. The Morgan fingerprint density at radius 3 is 2.29 bits per heavy atom. The molecule has 0 aliphatic carbocycles. The Bertz CT molecular complexity index is 348. The fourth-order valence-electron chi connectivity index (χ4n) is 1.71. The van der Waals surface area contributed by atoms with Gasteiger partial charge in [0.2, 0.25) is 0 Å². The van der Waals surface area contributed by atoms with Gasteiger partial charge in [0.15, 0.2) is 0 Å². The van der Waals surface area contributed by atoms with Crippen molar-refractivity contribution in [2.45, 2.75) is 33.4 Å². The van der Waals surface area contributed by atoms with Crippen LogP contribution in [0.15, 0.2) is 30.3 Å². The summed E-state index contributed by atoms with van der Waals surface area (Å²) in [6, 6.07) is 9.36. The molecule has 1 aromatic rings. The number of aliphatic carboxylic acids is 1. The third-order valence-corrected chi connectivity index (χ3v) is 3.21. The first-order chi connectivity index (χ1) is 8.02. The van der Waals surface area contributed by atoms with E-state index in [1.54, 1.807) is 0 Å². The molecule has 0 aromatic heterocycles. The van der Waals surface area contributed by atoms with Gasteiger partial charge in [-0.15, -0.1) is 0 Å². The maximum Gasteiger partial charge on any atom is 0.320 e. The van der Waals surface area contributed by atoms with E-state index in [4.69, 9.17) is 0 Å². The summed E-state index contributed by atoms with van der Waals surface area (Å²) in [5, 5.41) is 12.3. The maximum atomic E-state index is 11.2. The molecule has 0 heterocycles. The Morgan fingerprint density at radius 1 is 1.24 bits per heavy atom. The Kier molecular flexibility index (Phi) is 5.16. The van der Waals surface area contributed by atoms with Gasteiger partial charge in [-0.1, -0.05) is 51.1 Å². The zero-order chi connectivity index (χ0) is 12.8. The van der Waals surface area contributed by atoms with Gasteiger partial charge in [0.05, 0.1) is 0 Å². The average molecular weight is 235 g/mol. The van der Waals surface area contributed by atoms with Gasteiger partial charge >= 0.3 is 5.97 Å². The smallest absolute Gasteiger partial charge is 0.320 e. The molecule has 2 unspecified atom stereocenters. The molecule has 1 rings (SSSR count). The second-order valence-corrected chi connectivity index (χ2v) is 4.79. The molecule has 0 saturated heterocycles. The summed E-state index contributed by atoms with van der Waals surface area (Å²) in [5.41, 5.74) is 1.11. The number of benzene rings is 1. The lowest BCUT2D eigenvalue weighted by atomic mass is 9.90. The van der Waals surface area contributed by atoms with Crippen molar-refractivity contribution in [1.29, 1.82) is 0 Å². The van der Waals surface area contributed by atoms with Gasteiger partial charge in [-0.05, 0) is 17.4 Å². The molecule has 2 atom stereocenters. The number of hydrogen-bond donors (Lipinski definition) is 2. The SMILES string of the molecule is CC(C)C(C)C(NCc1ccccc1)C(=O)O. The largest absolute Gasteiger partial charge is 0.480 e. The van der Waals surface area contributed by atoms with Crippen LogP contribution in [-0.2, 0) is 11.3 Å². The lowest BCUT2D eigenvalue weighted by Gasteiger charge is -2.24. The number of nitrogens with one attached hydrogen (secondary N) is 1. The van der Waals surface area contributed by atoms with Crippen molar-refractivity contribution < 1.29 is 9.90 Å². The molecule has 2 N–H and O–H groups in total. The summed E-state index contributed by atoms with van der Waals surface area (Å²) < 4.78 is 0. The zero-order valence-corrected chi connectivity index (χ0v) is 10.7. The minimum atomic E-state index is -0.776. The number of carboxylic acids is 1. The number of hydrogen-bond acceptors (Lipinski definition) is 2. The van der Waals surface area contributed by atoms with Crippen molar-refractivity contribution in [3.05, 3.63) is 35.9 Å². The minimum absolute atomic E-state index is 0.108. The predicted octanol–water partition coefficient (Wildman–Crippen LogP) is 2.52. The Morgan fingerprint density at radius 2 is 1.82 bits per heavy atom. The fraction of sp³-hybridized carbons (Fsp3) is 0.500. The van der Waals surface area contributed by atoms with Crippen LogP contribution in [0.3, 0.4) is 0 Å².